The third-order valence-electron chi connectivity index (χ3n) is 1.30. The van der Waals surface area contributed by atoms with Gasteiger partial charge in [0.15, 0.2) is 9.03 Å². The monoisotopic (exact) mass is 196 g/mol. The van der Waals surface area contributed by atoms with E-state index in [4.69, 9.17) is 9.05 Å². The van der Waals surface area contributed by atoms with Gasteiger partial charge in [-0.25, -0.2) is 0 Å². The Hall–Kier alpha value is 0.700. The fraction of sp³-hybridized carbons (Fsp3) is 1.00. The molecule has 4 heteroatoms. The van der Waals surface area contributed by atoms with Gasteiger partial charge in [0.2, 0.25) is 0 Å². The third-order valence-corrected chi connectivity index (χ3v) is 2.10. The van der Waals surface area contributed by atoms with Gasteiger partial charge >= 0.3 is 0 Å². The molecule has 0 aliphatic carbocycles. The predicted molar refractivity (Wildman–Crippen MR) is 53.6 cm³/mol. The van der Waals surface area contributed by atoms with Gasteiger partial charge < -0.3 is 9.05 Å². The first-order valence-electron chi connectivity index (χ1n) is 3.92. The molecule has 0 heterocycles. The van der Waals surface area contributed by atoms with Crippen LogP contribution in [0, 0.1) is 0 Å². The Balaban J connectivity index is 2.69. The van der Waals surface area contributed by atoms with E-state index in [0.29, 0.717) is 0 Å². The summed E-state index contributed by atoms with van der Waals surface area (Å²) in [6, 6.07) is 0. The summed E-state index contributed by atoms with van der Waals surface area (Å²) < 4.78 is 9.91. The third kappa shape index (κ3) is 10.7. The van der Waals surface area contributed by atoms with Crippen LogP contribution in [0.25, 0.3) is 0 Å². The molecule has 0 aliphatic heterocycles. The topological polar surface area (TPSA) is 18.5 Å². The fourth-order valence-electron chi connectivity index (χ4n) is 0.740. The number of rotatable bonds is 8. The second-order valence-electron chi connectivity index (χ2n) is 2.27. The van der Waals surface area contributed by atoms with Crippen LogP contribution in [-0.2, 0) is 9.05 Å². The van der Waals surface area contributed by atoms with E-state index < -0.39 is 0 Å². The molecular weight excluding hydrogens is 179 g/mol. The Labute approximate surface area is 76.4 Å². The van der Waals surface area contributed by atoms with Crippen molar-refractivity contribution in [1.29, 1.82) is 0 Å². The van der Waals surface area contributed by atoms with Crippen LogP contribution in [0.5, 0.6) is 0 Å². The van der Waals surface area contributed by atoms with Crippen molar-refractivity contribution in [2.45, 2.75) is 25.7 Å². The Bertz CT molecular complexity index is 65.5. The first-order chi connectivity index (χ1) is 5.41. The Morgan fingerprint density at radius 2 is 1.91 bits per heavy atom. The Kier molecular flexibility index (Phi) is 11.4. The summed E-state index contributed by atoms with van der Waals surface area (Å²) in [7, 11) is 1.86. The van der Waals surface area contributed by atoms with Crippen LogP contribution in [0.4, 0.5) is 0 Å². The van der Waals surface area contributed by atoms with Crippen molar-refractivity contribution >= 4 is 21.7 Å². The highest BCUT2D eigenvalue weighted by atomic mass is 32.1. The molecule has 2 nitrogen and oxygen atoms in total. The molecule has 0 fully saturated rings. The molecule has 0 aromatic carbocycles. The van der Waals surface area contributed by atoms with Crippen LogP contribution in [0.2, 0.25) is 0 Å². The second kappa shape index (κ2) is 10.7. The summed E-state index contributed by atoms with van der Waals surface area (Å²) in [4.78, 5) is 0. The largest absolute Gasteiger partial charge is 0.340 e. The first kappa shape index (κ1) is 11.7. The first-order valence-corrected chi connectivity index (χ1v) is 5.37. The minimum absolute atomic E-state index is 0.212. The second-order valence-corrected chi connectivity index (χ2v) is 3.58. The quantitative estimate of drug-likeness (QED) is 0.365. The van der Waals surface area contributed by atoms with Crippen molar-refractivity contribution in [3.05, 3.63) is 0 Å². The molecule has 0 aromatic heterocycles. The average Bonchev–Trinajstić information content (AvgIpc) is 2.03. The number of unbranched alkanes of at least 4 members (excludes halogenated alkanes) is 3. The highest BCUT2D eigenvalue weighted by Crippen LogP contribution is 2.12. The Morgan fingerprint density at radius 1 is 1.18 bits per heavy atom. The number of hydrogen-bond donors (Lipinski definition) is 1. The average molecular weight is 196 g/mol. The molecule has 0 rings (SSSR count). The van der Waals surface area contributed by atoms with E-state index in [1.807, 2.05) is 0 Å². The summed E-state index contributed by atoms with van der Waals surface area (Å²) in [5.41, 5.74) is 0. The van der Waals surface area contributed by atoms with Gasteiger partial charge in [-0.15, -0.1) is 0 Å². The molecule has 68 valence electrons. The standard InChI is InChI=1S/C7H17O2PS/c1-8-10-9-6-4-2-3-5-7-11/h10-11H,2-7H2,1H3. The maximum atomic E-state index is 5.15. The fourth-order valence-corrected chi connectivity index (χ4v) is 1.31. The molecule has 0 saturated carbocycles. The lowest BCUT2D eigenvalue weighted by atomic mass is 10.2. The molecule has 0 N–H and O–H groups in total. The lowest BCUT2D eigenvalue weighted by molar-refractivity contribution is 0.292. The molecule has 0 radical (unpaired) electrons. The lowest BCUT2D eigenvalue weighted by Crippen LogP contribution is -1.86. The van der Waals surface area contributed by atoms with Crippen LogP contribution in [0.3, 0.4) is 0 Å². The van der Waals surface area contributed by atoms with Crippen molar-refractivity contribution in [3.63, 3.8) is 0 Å². The molecule has 0 saturated heterocycles. The van der Waals surface area contributed by atoms with Crippen molar-refractivity contribution in [2.75, 3.05) is 19.5 Å². The van der Waals surface area contributed by atoms with Crippen molar-refractivity contribution in [2.24, 2.45) is 0 Å². The van der Waals surface area contributed by atoms with Gasteiger partial charge in [0.25, 0.3) is 0 Å². The van der Waals surface area contributed by atoms with Crippen LogP contribution in [0.1, 0.15) is 25.7 Å². The predicted octanol–water partition coefficient (Wildman–Crippen LogP) is 2.65. The highest BCUT2D eigenvalue weighted by Gasteiger charge is 1.89. The zero-order valence-electron chi connectivity index (χ0n) is 7.01. The smallest absolute Gasteiger partial charge is 0.154 e. The van der Waals surface area contributed by atoms with E-state index >= 15 is 0 Å². The minimum Gasteiger partial charge on any atom is -0.340 e. The highest BCUT2D eigenvalue weighted by molar-refractivity contribution is 7.80. The van der Waals surface area contributed by atoms with E-state index in [1.54, 1.807) is 7.11 Å². The summed E-state index contributed by atoms with van der Waals surface area (Å²) >= 11 is 4.13. The van der Waals surface area contributed by atoms with E-state index in [0.717, 1.165) is 18.8 Å². The van der Waals surface area contributed by atoms with Gasteiger partial charge in [-0.1, -0.05) is 12.8 Å². The van der Waals surface area contributed by atoms with Gasteiger partial charge in [0.1, 0.15) is 0 Å². The van der Waals surface area contributed by atoms with Crippen LogP contribution < -0.4 is 0 Å². The normalized spacial score (nSPS) is 11.5. The SMILES string of the molecule is COPOCCCCCCS. The van der Waals surface area contributed by atoms with E-state index in [-0.39, 0.29) is 9.03 Å². The molecule has 11 heavy (non-hydrogen) atoms. The maximum absolute atomic E-state index is 5.15. The molecular formula is C7H17O2PS. The van der Waals surface area contributed by atoms with Crippen molar-refractivity contribution in [3.8, 4) is 0 Å². The Morgan fingerprint density at radius 3 is 2.55 bits per heavy atom. The summed E-state index contributed by atoms with van der Waals surface area (Å²) in [6.07, 6.45) is 4.87. The van der Waals surface area contributed by atoms with Gasteiger partial charge in [0.05, 0.1) is 6.61 Å². The molecule has 0 spiro atoms. The van der Waals surface area contributed by atoms with Crippen LogP contribution in [0.15, 0.2) is 0 Å². The zero-order valence-corrected chi connectivity index (χ0v) is 8.90. The van der Waals surface area contributed by atoms with Crippen molar-refractivity contribution < 1.29 is 9.05 Å². The minimum atomic E-state index is 0.212. The van der Waals surface area contributed by atoms with Gasteiger partial charge in [-0.3, -0.25) is 0 Å². The number of thiol groups is 1. The van der Waals surface area contributed by atoms with Crippen LogP contribution in [-0.4, -0.2) is 19.5 Å². The summed E-state index contributed by atoms with van der Waals surface area (Å²) in [5, 5.41) is 0. The molecule has 0 bridgehead atoms. The van der Waals surface area contributed by atoms with E-state index in [2.05, 4.69) is 12.6 Å². The summed E-state index contributed by atoms with van der Waals surface area (Å²) in [5.74, 6) is 1.00. The molecule has 1 unspecified atom stereocenters. The van der Waals surface area contributed by atoms with E-state index in [9.17, 15) is 0 Å². The molecule has 0 amide bonds. The van der Waals surface area contributed by atoms with Gasteiger partial charge in [-0.05, 0) is 18.6 Å². The zero-order chi connectivity index (χ0) is 8.36. The van der Waals surface area contributed by atoms with Gasteiger partial charge in [0, 0.05) is 7.11 Å². The van der Waals surface area contributed by atoms with Crippen molar-refractivity contribution in [1.82, 2.24) is 0 Å². The number of hydrogen-bond acceptors (Lipinski definition) is 3. The van der Waals surface area contributed by atoms with Gasteiger partial charge in [-0.2, -0.15) is 12.6 Å². The maximum Gasteiger partial charge on any atom is 0.154 e. The lowest BCUT2D eigenvalue weighted by Gasteiger charge is -2.00. The van der Waals surface area contributed by atoms with Crippen LogP contribution >= 0.6 is 21.7 Å². The summed E-state index contributed by atoms with van der Waals surface area (Å²) in [6.45, 7) is 0.832. The molecule has 0 aliphatic rings. The molecule has 0 aromatic rings. The van der Waals surface area contributed by atoms with E-state index in [1.165, 1.54) is 19.3 Å². The molecule has 1 atom stereocenters.